The molecular weight excluding hydrogens is 545 g/mol. The normalized spacial score (nSPS) is 22.4. The Morgan fingerprint density at radius 2 is 2.03 bits per heavy atom. The summed E-state index contributed by atoms with van der Waals surface area (Å²) in [5.74, 6) is -1.30. The van der Waals surface area contributed by atoms with Crippen molar-refractivity contribution in [3.63, 3.8) is 0 Å². The smallest absolute Gasteiger partial charge is 0.254 e. The number of benzene rings is 1. The molecule has 0 saturated carbocycles. The second-order valence-corrected chi connectivity index (χ2v) is 10.9. The van der Waals surface area contributed by atoms with Crippen LogP contribution in [-0.4, -0.2) is 37.6 Å². The van der Waals surface area contributed by atoms with Crippen LogP contribution in [-0.2, 0) is 34.6 Å². The average molecular weight is 570 g/mol. The second-order valence-electron chi connectivity index (χ2n) is 10.1. The van der Waals surface area contributed by atoms with Gasteiger partial charge in [-0.2, -0.15) is 0 Å². The van der Waals surface area contributed by atoms with Gasteiger partial charge in [0.25, 0.3) is 5.56 Å². The molecule has 1 aromatic carbocycles. The highest BCUT2D eigenvalue weighted by Gasteiger charge is 2.44. The number of pyridine rings is 2. The third-order valence-electron chi connectivity index (χ3n) is 8.12. The molecule has 3 heterocycles. The van der Waals surface area contributed by atoms with E-state index in [9.17, 15) is 29.0 Å². The Kier molecular flexibility index (Phi) is 5.46. The van der Waals surface area contributed by atoms with Gasteiger partial charge in [0.15, 0.2) is 5.78 Å². The highest BCUT2D eigenvalue weighted by Crippen LogP contribution is 2.46. The monoisotopic (exact) mass is 569 g/mol. The number of ketones is 1. The SMILES string of the molecule is CC[C@@]1(O)C(=O)CCc2c1cc1n(c2=O)Cc2c-1nc1cc(F)c(Br)c3c1c2[C@H](NC(=O)[C@@H](C)O)CC3. The molecule has 0 fully saturated rings. The third-order valence-corrected chi connectivity index (χ3v) is 8.97. The number of nitrogens with one attached hydrogen (secondary N) is 1. The number of aryl methyl sites for hydroxylation is 1. The van der Waals surface area contributed by atoms with Gasteiger partial charge in [0.05, 0.1) is 34.0 Å². The molecule has 3 N–H and O–H groups in total. The number of amides is 1. The Morgan fingerprint density at radius 3 is 2.73 bits per heavy atom. The summed E-state index contributed by atoms with van der Waals surface area (Å²) in [5.41, 5.74) is 2.24. The van der Waals surface area contributed by atoms with Crippen LogP contribution in [0.25, 0.3) is 22.3 Å². The zero-order valence-corrected chi connectivity index (χ0v) is 21.9. The largest absolute Gasteiger partial charge is 0.384 e. The number of aliphatic hydroxyl groups excluding tert-OH is 1. The number of aromatic nitrogens is 2. The Bertz CT molecular complexity index is 1610. The van der Waals surface area contributed by atoms with Gasteiger partial charge in [0.2, 0.25) is 5.91 Å². The number of carbonyl (C=O) groups excluding carboxylic acids is 2. The van der Waals surface area contributed by atoms with Gasteiger partial charge in [-0.25, -0.2) is 9.37 Å². The van der Waals surface area contributed by atoms with Crippen LogP contribution in [0.3, 0.4) is 0 Å². The number of Topliss-reactive ketones (excluding diaryl/α,β-unsaturated/α-hetero) is 1. The molecule has 0 bridgehead atoms. The first-order valence-electron chi connectivity index (χ1n) is 12.4. The summed E-state index contributed by atoms with van der Waals surface area (Å²) in [4.78, 5) is 43.6. The van der Waals surface area contributed by atoms with Gasteiger partial charge >= 0.3 is 0 Å². The molecule has 0 unspecified atom stereocenters. The fourth-order valence-corrected chi connectivity index (χ4v) is 6.69. The standard InChI is InChI=1S/C27H25BrFN3O5/c1-3-27(37)15-8-19-24-14(10-32(19)26(36)12(15)5-7-20(27)34)22-17(31-25(35)11(2)33)6-4-13-21(22)18(30-24)9-16(29)23(13)28/h8-9,11,17,33,37H,3-7,10H2,1-2H3,(H,31,35)/t11-,17-,27+/m1/s1. The molecular formula is C27H25BrFN3O5. The first-order chi connectivity index (χ1) is 17.6. The molecule has 0 radical (unpaired) electrons. The predicted molar refractivity (Wildman–Crippen MR) is 137 cm³/mol. The summed E-state index contributed by atoms with van der Waals surface area (Å²) in [7, 11) is 0. The number of rotatable bonds is 3. The van der Waals surface area contributed by atoms with E-state index < -0.39 is 29.5 Å². The van der Waals surface area contributed by atoms with Crippen LogP contribution < -0.4 is 10.9 Å². The van der Waals surface area contributed by atoms with Gasteiger partial charge < -0.3 is 20.1 Å². The van der Waals surface area contributed by atoms with E-state index in [0.29, 0.717) is 45.3 Å². The molecule has 10 heteroatoms. The van der Waals surface area contributed by atoms with Crippen LogP contribution in [0, 0.1) is 5.82 Å². The van der Waals surface area contributed by atoms with Crippen molar-refractivity contribution in [1.82, 2.24) is 14.9 Å². The van der Waals surface area contributed by atoms with Crippen LogP contribution in [0.4, 0.5) is 4.39 Å². The van der Waals surface area contributed by atoms with Crippen LogP contribution in [0.1, 0.15) is 67.0 Å². The molecule has 0 spiro atoms. The summed E-state index contributed by atoms with van der Waals surface area (Å²) in [6, 6.07) is 2.54. The van der Waals surface area contributed by atoms with Crippen molar-refractivity contribution < 1.29 is 24.2 Å². The number of halogens is 2. The molecule has 2 aliphatic carbocycles. The summed E-state index contributed by atoms with van der Waals surface area (Å²) in [6.45, 7) is 3.29. The van der Waals surface area contributed by atoms with Crippen LogP contribution in [0.15, 0.2) is 21.4 Å². The Morgan fingerprint density at radius 1 is 1.27 bits per heavy atom. The molecule has 3 aliphatic rings. The lowest BCUT2D eigenvalue weighted by atomic mass is 9.77. The summed E-state index contributed by atoms with van der Waals surface area (Å²) < 4.78 is 16.8. The van der Waals surface area contributed by atoms with E-state index in [0.717, 1.165) is 22.1 Å². The summed E-state index contributed by atoms with van der Waals surface area (Å²) in [6.07, 6.45) is 0.244. The average Bonchev–Trinajstić information content (AvgIpc) is 3.24. The van der Waals surface area contributed by atoms with Crippen LogP contribution >= 0.6 is 15.9 Å². The highest BCUT2D eigenvalue weighted by atomic mass is 79.9. The Labute approximate surface area is 219 Å². The second kappa shape index (κ2) is 8.28. The minimum Gasteiger partial charge on any atom is -0.384 e. The molecule has 2 aromatic heterocycles. The van der Waals surface area contributed by atoms with Crippen molar-refractivity contribution in [3.8, 4) is 11.4 Å². The molecule has 0 saturated heterocycles. The lowest BCUT2D eigenvalue weighted by Gasteiger charge is -2.32. The highest BCUT2D eigenvalue weighted by molar-refractivity contribution is 9.10. The number of aliphatic hydroxyl groups is 2. The molecule has 3 aromatic rings. The first kappa shape index (κ1) is 24.4. The molecule has 1 amide bonds. The van der Waals surface area contributed by atoms with Crippen LogP contribution in [0.5, 0.6) is 0 Å². The maximum Gasteiger partial charge on any atom is 0.254 e. The Balaban J connectivity index is 1.65. The van der Waals surface area contributed by atoms with E-state index in [1.807, 2.05) is 0 Å². The number of fused-ring (bicyclic) bond motifs is 5. The molecule has 192 valence electrons. The van der Waals surface area contributed by atoms with Gasteiger partial charge in [-0.15, -0.1) is 0 Å². The lowest BCUT2D eigenvalue weighted by Crippen LogP contribution is -2.43. The quantitative estimate of drug-likeness (QED) is 0.349. The molecule has 3 atom stereocenters. The van der Waals surface area contributed by atoms with E-state index in [-0.39, 0.29) is 37.1 Å². The van der Waals surface area contributed by atoms with Gasteiger partial charge in [-0.3, -0.25) is 14.4 Å². The summed E-state index contributed by atoms with van der Waals surface area (Å²) in [5, 5.41) is 24.7. The third kappa shape index (κ3) is 3.31. The van der Waals surface area contributed by atoms with E-state index in [4.69, 9.17) is 4.98 Å². The number of hydrogen-bond acceptors (Lipinski definition) is 6. The van der Waals surface area contributed by atoms with E-state index in [2.05, 4.69) is 21.2 Å². The van der Waals surface area contributed by atoms with Gasteiger partial charge in [-0.05, 0) is 65.7 Å². The minimum absolute atomic E-state index is 0.0936. The first-order valence-corrected chi connectivity index (χ1v) is 13.2. The minimum atomic E-state index is -1.74. The van der Waals surface area contributed by atoms with Crippen molar-refractivity contribution in [1.29, 1.82) is 0 Å². The molecule has 37 heavy (non-hydrogen) atoms. The van der Waals surface area contributed by atoms with Crippen molar-refractivity contribution in [2.45, 2.75) is 70.2 Å². The Hall–Kier alpha value is -2.95. The molecule has 1 aliphatic heterocycles. The number of hydrogen-bond donors (Lipinski definition) is 3. The van der Waals surface area contributed by atoms with Crippen LogP contribution in [0.2, 0.25) is 0 Å². The van der Waals surface area contributed by atoms with Gasteiger partial charge in [0.1, 0.15) is 17.5 Å². The van der Waals surface area contributed by atoms with Gasteiger partial charge in [0, 0.05) is 34.6 Å². The van der Waals surface area contributed by atoms with Crippen molar-refractivity contribution in [2.24, 2.45) is 0 Å². The fourth-order valence-electron chi connectivity index (χ4n) is 6.17. The lowest BCUT2D eigenvalue weighted by molar-refractivity contribution is -0.140. The van der Waals surface area contributed by atoms with E-state index >= 15 is 0 Å². The topological polar surface area (TPSA) is 122 Å². The summed E-state index contributed by atoms with van der Waals surface area (Å²) >= 11 is 3.37. The van der Waals surface area contributed by atoms with E-state index in [1.54, 1.807) is 17.6 Å². The molecule has 8 nitrogen and oxygen atoms in total. The molecule has 6 rings (SSSR count). The fraction of sp³-hybridized carbons (Fsp3) is 0.407. The maximum atomic E-state index is 14.9. The van der Waals surface area contributed by atoms with Gasteiger partial charge in [-0.1, -0.05) is 6.92 Å². The number of nitrogens with zero attached hydrogens (tertiary/aromatic N) is 2. The number of carbonyl (C=O) groups is 2. The van der Waals surface area contributed by atoms with Crippen molar-refractivity contribution >= 4 is 38.5 Å². The predicted octanol–water partition coefficient (Wildman–Crippen LogP) is 2.92. The van der Waals surface area contributed by atoms with Crippen molar-refractivity contribution in [3.05, 3.63) is 60.6 Å². The maximum absolute atomic E-state index is 14.9. The van der Waals surface area contributed by atoms with E-state index in [1.165, 1.54) is 13.0 Å². The van der Waals surface area contributed by atoms with Crippen molar-refractivity contribution in [2.75, 3.05) is 0 Å². The zero-order valence-electron chi connectivity index (χ0n) is 20.3. The zero-order chi connectivity index (χ0) is 26.4.